The summed E-state index contributed by atoms with van der Waals surface area (Å²) in [7, 11) is 0. The second kappa shape index (κ2) is 6.72. The van der Waals surface area contributed by atoms with Gasteiger partial charge in [0.1, 0.15) is 0 Å². The Morgan fingerprint density at radius 1 is 0.944 bits per heavy atom. The fraction of sp³-hybridized carbons (Fsp3) is 0.250. The number of hydrogen-bond acceptors (Lipinski definition) is 1. The van der Waals surface area contributed by atoms with Gasteiger partial charge in [0.05, 0.1) is 0 Å². The van der Waals surface area contributed by atoms with Crippen LogP contribution in [0.15, 0.2) is 59.1 Å². The molecule has 2 aromatic carbocycles. The summed E-state index contributed by atoms with van der Waals surface area (Å²) in [5.74, 6) is 0. The molecule has 0 aliphatic heterocycles. The summed E-state index contributed by atoms with van der Waals surface area (Å²) in [6, 6.07) is 19.0. The van der Waals surface area contributed by atoms with Gasteiger partial charge in [-0.1, -0.05) is 58.4 Å². The van der Waals surface area contributed by atoms with Gasteiger partial charge >= 0.3 is 0 Å². The third-order valence-corrected chi connectivity index (χ3v) is 3.65. The molecule has 0 bridgehead atoms. The summed E-state index contributed by atoms with van der Waals surface area (Å²) in [5, 5.41) is 0. The van der Waals surface area contributed by atoms with Crippen molar-refractivity contribution >= 4 is 15.9 Å². The van der Waals surface area contributed by atoms with E-state index in [0.717, 1.165) is 23.7 Å². The maximum Gasteiger partial charge on any atom is 0.0294 e. The molecule has 0 amide bonds. The van der Waals surface area contributed by atoms with Crippen molar-refractivity contribution in [2.75, 3.05) is 0 Å². The van der Waals surface area contributed by atoms with Gasteiger partial charge in [0, 0.05) is 10.5 Å². The lowest BCUT2D eigenvalue weighted by atomic mass is 10.00. The molecule has 2 heteroatoms. The van der Waals surface area contributed by atoms with E-state index >= 15 is 0 Å². The van der Waals surface area contributed by atoms with Crippen LogP contribution < -0.4 is 5.73 Å². The normalized spacial score (nSPS) is 12.3. The van der Waals surface area contributed by atoms with E-state index in [2.05, 4.69) is 52.3 Å². The Hall–Kier alpha value is -1.12. The van der Waals surface area contributed by atoms with Crippen LogP contribution in [0.25, 0.3) is 0 Å². The van der Waals surface area contributed by atoms with E-state index in [1.165, 1.54) is 11.1 Å². The van der Waals surface area contributed by atoms with E-state index in [1.807, 2.05) is 18.2 Å². The molecule has 0 aliphatic rings. The van der Waals surface area contributed by atoms with Gasteiger partial charge in [-0.2, -0.15) is 0 Å². The van der Waals surface area contributed by atoms with Gasteiger partial charge in [0.2, 0.25) is 0 Å². The summed E-state index contributed by atoms with van der Waals surface area (Å²) >= 11 is 3.45. The first kappa shape index (κ1) is 13.3. The first-order chi connectivity index (χ1) is 8.75. The molecule has 0 aliphatic carbocycles. The molecule has 94 valence electrons. The molecule has 0 aromatic heterocycles. The molecule has 0 fully saturated rings. The molecule has 1 nitrogen and oxygen atoms in total. The lowest BCUT2D eigenvalue weighted by Gasteiger charge is -2.11. The average molecular weight is 304 g/mol. The van der Waals surface area contributed by atoms with E-state index in [0.29, 0.717) is 0 Å². The topological polar surface area (TPSA) is 26.0 Å². The largest absolute Gasteiger partial charge is 0.324 e. The SMILES string of the molecule is NC(CCCc1ccc(Br)cc1)c1ccccc1. The monoisotopic (exact) mass is 303 g/mol. The maximum atomic E-state index is 6.18. The van der Waals surface area contributed by atoms with E-state index in [-0.39, 0.29) is 6.04 Å². The maximum absolute atomic E-state index is 6.18. The van der Waals surface area contributed by atoms with E-state index in [1.54, 1.807) is 0 Å². The predicted octanol–water partition coefficient (Wildman–Crippen LogP) is 4.47. The van der Waals surface area contributed by atoms with Crippen molar-refractivity contribution in [3.63, 3.8) is 0 Å². The number of rotatable bonds is 5. The van der Waals surface area contributed by atoms with Gasteiger partial charge in [-0.05, 0) is 42.5 Å². The molecule has 0 radical (unpaired) electrons. The zero-order valence-electron chi connectivity index (χ0n) is 10.4. The fourth-order valence-electron chi connectivity index (χ4n) is 2.04. The summed E-state index contributed by atoms with van der Waals surface area (Å²) in [5.41, 5.74) is 8.78. The molecule has 2 rings (SSSR count). The summed E-state index contributed by atoms with van der Waals surface area (Å²) in [6.07, 6.45) is 3.24. The second-order valence-corrected chi connectivity index (χ2v) is 5.45. The molecule has 1 atom stereocenters. The van der Waals surface area contributed by atoms with E-state index < -0.39 is 0 Å². The lowest BCUT2D eigenvalue weighted by molar-refractivity contribution is 0.611. The van der Waals surface area contributed by atoms with Crippen LogP contribution in [0.2, 0.25) is 0 Å². The third kappa shape index (κ3) is 3.97. The standard InChI is InChI=1S/C16H18BrN/c17-15-11-9-13(10-12-15)5-4-8-16(18)14-6-2-1-3-7-14/h1-3,6-7,9-12,16H,4-5,8,18H2. The quantitative estimate of drug-likeness (QED) is 0.866. The molecule has 0 saturated heterocycles. The van der Waals surface area contributed by atoms with Crippen molar-refractivity contribution in [3.8, 4) is 0 Å². The lowest BCUT2D eigenvalue weighted by Crippen LogP contribution is -2.10. The van der Waals surface area contributed by atoms with Gasteiger partial charge in [0.15, 0.2) is 0 Å². The van der Waals surface area contributed by atoms with Gasteiger partial charge < -0.3 is 5.73 Å². The Labute approximate surface area is 117 Å². The first-order valence-corrected chi connectivity index (χ1v) is 7.10. The summed E-state index contributed by atoms with van der Waals surface area (Å²) < 4.78 is 1.13. The Bertz CT molecular complexity index is 464. The minimum Gasteiger partial charge on any atom is -0.324 e. The van der Waals surface area contributed by atoms with Crippen LogP contribution in [0.3, 0.4) is 0 Å². The molecule has 0 saturated carbocycles. The van der Waals surface area contributed by atoms with Crippen LogP contribution >= 0.6 is 15.9 Å². The molecule has 2 N–H and O–H groups in total. The average Bonchev–Trinajstić information content (AvgIpc) is 2.42. The van der Waals surface area contributed by atoms with Crippen molar-refractivity contribution in [1.82, 2.24) is 0 Å². The van der Waals surface area contributed by atoms with Crippen molar-refractivity contribution < 1.29 is 0 Å². The Morgan fingerprint density at radius 3 is 2.28 bits per heavy atom. The van der Waals surface area contributed by atoms with Crippen LogP contribution in [0.5, 0.6) is 0 Å². The third-order valence-electron chi connectivity index (χ3n) is 3.12. The second-order valence-electron chi connectivity index (χ2n) is 4.54. The minimum atomic E-state index is 0.154. The molecule has 2 aromatic rings. The summed E-state index contributed by atoms with van der Waals surface area (Å²) in [4.78, 5) is 0. The molecule has 0 heterocycles. The van der Waals surface area contributed by atoms with Crippen LogP contribution in [-0.2, 0) is 6.42 Å². The highest BCUT2D eigenvalue weighted by atomic mass is 79.9. The Morgan fingerprint density at radius 2 is 1.61 bits per heavy atom. The highest BCUT2D eigenvalue weighted by molar-refractivity contribution is 9.10. The van der Waals surface area contributed by atoms with Crippen LogP contribution in [0.4, 0.5) is 0 Å². The molecular formula is C16H18BrN. The van der Waals surface area contributed by atoms with Crippen molar-refractivity contribution in [3.05, 3.63) is 70.2 Å². The zero-order chi connectivity index (χ0) is 12.8. The van der Waals surface area contributed by atoms with E-state index in [9.17, 15) is 0 Å². The van der Waals surface area contributed by atoms with Gasteiger partial charge in [-0.15, -0.1) is 0 Å². The van der Waals surface area contributed by atoms with E-state index in [4.69, 9.17) is 5.73 Å². The highest BCUT2D eigenvalue weighted by Gasteiger charge is 2.04. The first-order valence-electron chi connectivity index (χ1n) is 6.30. The number of hydrogen-bond donors (Lipinski definition) is 1. The molecule has 0 spiro atoms. The predicted molar refractivity (Wildman–Crippen MR) is 80.5 cm³/mol. The smallest absolute Gasteiger partial charge is 0.0294 e. The Balaban J connectivity index is 1.80. The number of benzene rings is 2. The fourth-order valence-corrected chi connectivity index (χ4v) is 2.31. The van der Waals surface area contributed by atoms with Gasteiger partial charge in [-0.25, -0.2) is 0 Å². The van der Waals surface area contributed by atoms with Crippen molar-refractivity contribution in [2.24, 2.45) is 5.73 Å². The molecular weight excluding hydrogens is 286 g/mol. The zero-order valence-corrected chi connectivity index (χ0v) is 11.9. The molecule has 1 unspecified atom stereocenters. The van der Waals surface area contributed by atoms with Gasteiger partial charge in [0.25, 0.3) is 0 Å². The van der Waals surface area contributed by atoms with Crippen LogP contribution in [0, 0.1) is 0 Å². The number of halogens is 1. The van der Waals surface area contributed by atoms with Gasteiger partial charge in [-0.3, -0.25) is 0 Å². The highest BCUT2D eigenvalue weighted by Crippen LogP contribution is 2.18. The minimum absolute atomic E-state index is 0.154. The van der Waals surface area contributed by atoms with Crippen LogP contribution in [-0.4, -0.2) is 0 Å². The summed E-state index contributed by atoms with van der Waals surface area (Å²) in [6.45, 7) is 0. The number of aryl methyl sites for hydroxylation is 1. The molecule has 18 heavy (non-hydrogen) atoms. The Kier molecular flexibility index (Phi) is 4.97. The van der Waals surface area contributed by atoms with Crippen molar-refractivity contribution in [1.29, 1.82) is 0 Å². The number of nitrogens with two attached hydrogens (primary N) is 1. The van der Waals surface area contributed by atoms with Crippen molar-refractivity contribution in [2.45, 2.75) is 25.3 Å². The van der Waals surface area contributed by atoms with Crippen LogP contribution in [0.1, 0.15) is 30.0 Å².